The Morgan fingerprint density at radius 3 is 2.19 bits per heavy atom. The standard InChI is InChI=1S/C22H35NO3/c1-3-4-5-6-7-8-9-19(20(24)26-2)23-21(25)22-13-16-10-17(14-22)12-18(11-16)15-22/h3,16-19H,1,4-15H2,2H3,(H,23,25)/t16?,17?,18?,19-,22?/m1/s1. The number of unbranched alkanes of at least 4 members (excludes halogenated alkanes) is 4. The van der Waals surface area contributed by atoms with Crippen LogP contribution >= 0.6 is 0 Å². The molecular weight excluding hydrogens is 326 g/mol. The minimum Gasteiger partial charge on any atom is -0.467 e. The van der Waals surface area contributed by atoms with Gasteiger partial charge in [-0.05, 0) is 75.5 Å². The Bertz CT molecular complexity index is 492. The number of carbonyl (C=O) groups excluding carboxylic acids is 2. The van der Waals surface area contributed by atoms with Crippen LogP contribution < -0.4 is 5.32 Å². The van der Waals surface area contributed by atoms with Gasteiger partial charge in [0.25, 0.3) is 0 Å². The molecule has 0 aromatic rings. The highest BCUT2D eigenvalue weighted by molar-refractivity contribution is 5.88. The molecule has 4 heteroatoms. The number of nitrogens with one attached hydrogen (secondary N) is 1. The summed E-state index contributed by atoms with van der Waals surface area (Å²) in [7, 11) is 1.41. The van der Waals surface area contributed by atoms with Gasteiger partial charge >= 0.3 is 5.97 Å². The second-order valence-corrected chi connectivity index (χ2v) is 9.03. The normalized spacial score (nSPS) is 32.9. The molecule has 146 valence electrons. The Balaban J connectivity index is 1.54. The van der Waals surface area contributed by atoms with E-state index < -0.39 is 6.04 Å². The highest BCUT2D eigenvalue weighted by atomic mass is 16.5. The zero-order chi connectivity index (χ0) is 18.6. The number of ether oxygens (including phenoxy) is 1. The van der Waals surface area contributed by atoms with Crippen LogP contribution in [0.4, 0.5) is 0 Å². The molecule has 0 aliphatic heterocycles. The molecule has 4 nitrogen and oxygen atoms in total. The Hall–Kier alpha value is -1.32. The number of esters is 1. The third kappa shape index (κ3) is 4.32. The van der Waals surface area contributed by atoms with Crippen LogP contribution in [0.25, 0.3) is 0 Å². The minimum atomic E-state index is -0.486. The van der Waals surface area contributed by atoms with Crippen molar-refractivity contribution in [2.45, 2.75) is 83.1 Å². The van der Waals surface area contributed by atoms with Gasteiger partial charge < -0.3 is 10.1 Å². The van der Waals surface area contributed by atoms with Crippen LogP contribution in [-0.2, 0) is 14.3 Å². The van der Waals surface area contributed by atoms with Crippen molar-refractivity contribution in [3.63, 3.8) is 0 Å². The molecule has 0 aromatic heterocycles. The fraction of sp³-hybridized carbons (Fsp3) is 0.818. The van der Waals surface area contributed by atoms with Gasteiger partial charge in [-0.3, -0.25) is 4.79 Å². The molecule has 1 amide bonds. The van der Waals surface area contributed by atoms with Gasteiger partial charge in [-0.2, -0.15) is 0 Å². The first kappa shape index (κ1) is 19.4. The lowest BCUT2D eigenvalue weighted by atomic mass is 9.49. The van der Waals surface area contributed by atoms with Crippen LogP contribution in [0.5, 0.6) is 0 Å². The van der Waals surface area contributed by atoms with E-state index in [9.17, 15) is 9.59 Å². The summed E-state index contributed by atoms with van der Waals surface area (Å²) in [4.78, 5) is 25.4. The van der Waals surface area contributed by atoms with Crippen molar-refractivity contribution in [2.75, 3.05) is 7.11 Å². The molecule has 4 aliphatic carbocycles. The summed E-state index contributed by atoms with van der Waals surface area (Å²) in [5.74, 6) is 2.02. The highest BCUT2D eigenvalue weighted by Gasteiger charge is 2.54. The van der Waals surface area contributed by atoms with Crippen molar-refractivity contribution < 1.29 is 14.3 Å². The Morgan fingerprint density at radius 2 is 1.65 bits per heavy atom. The monoisotopic (exact) mass is 361 g/mol. The molecule has 0 saturated heterocycles. The van der Waals surface area contributed by atoms with Gasteiger partial charge in [0.1, 0.15) is 6.04 Å². The van der Waals surface area contributed by atoms with E-state index in [0.29, 0.717) is 6.42 Å². The molecule has 0 radical (unpaired) electrons. The molecular formula is C22H35NO3. The number of rotatable bonds is 10. The number of amides is 1. The first-order valence-electron chi connectivity index (χ1n) is 10.6. The summed E-state index contributed by atoms with van der Waals surface area (Å²) >= 11 is 0. The van der Waals surface area contributed by atoms with E-state index >= 15 is 0 Å². The number of methoxy groups -OCH3 is 1. The smallest absolute Gasteiger partial charge is 0.328 e. The van der Waals surface area contributed by atoms with Gasteiger partial charge in [-0.15, -0.1) is 6.58 Å². The molecule has 0 aromatic carbocycles. The molecule has 0 spiro atoms. The zero-order valence-corrected chi connectivity index (χ0v) is 16.3. The third-order valence-electron chi connectivity index (χ3n) is 6.96. The van der Waals surface area contributed by atoms with Gasteiger partial charge in [0.05, 0.1) is 7.11 Å². The second kappa shape index (κ2) is 8.58. The number of hydrogen-bond acceptors (Lipinski definition) is 3. The van der Waals surface area contributed by atoms with Crippen LogP contribution in [0.3, 0.4) is 0 Å². The van der Waals surface area contributed by atoms with Crippen molar-refractivity contribution in [3.05, 3.63) is 12.7 Å². The molecule has 4 saturated carbocycles. The molecule has 1 N–H and O–H groups in total. The van der Waals surface area contributed by atoms with E-state index in [1.54, 1.807) is 0 Å². The molecule has 4 bridgehead atoms. The van der Waals surface area contributed by atoms with Crippen LogP contribution in [0.2, 0.25) is 0 Å². The number of hydrogen-bond donors (Lipinski definition) is 1. The van der Waals surface area contributed by atoms with E-state index in [0.717, 1.165) is 69.1 Å². The van der Waals surface area contributed by atoms with Gasteiger partial charge in [0.15, 0.2) is 0 Å². The summed E-state index contributed by atoms with van der Waals surface area (Å²) in [6, 6.07) is -0.486. The van der Waals surface area contributed by atoms with Crippen LogP contribution in [0.15, 0.2) is 12.7 Å². The summed E-state index contributed by atoms with van der Waals surface area (Å²) in [5, 5.41) is 3.10. The van der Waals surface area contributed by atoms with Crippen molar-refractivity contribution in [2.24, 2.45) is 23.2 Å². The Kier molecular flexibility index (Phi) is 6.42. The summed E-state index contributed by atoms with van der Waals surface area (Å²) in [6.07, 6.45) is 15.0. The largest absolute Gasteiger partial charge is 0.467 e. The van der Waals surface area contributed by atoms with Crippen molar-refractivity contribution in [1.82, 2.24) is 5.32 Å². The molecule has 4 aliphatic rings. The summed E-state index contributed by atoms with van der Waals surface area (Å²) in [6.45, 7) is 3.74. The molecule has 0 unspecified atom stereocenters. The quantitative estimate of drug-likeness (QED) is 0.357. The second-order valence-electron chi connectivity index (χ2n) is 9.03. The van der Waals surface area contributed by atoms with Crippen molar-refractivity contribution >= 4 is 11.9 Å². The molecule has 4 rings (SSSR count). The maximum absolute atomic E-state index is 13.2. The van der Waals surface area contributed by atoms with Crippen LogP contribution in [0.1, 0.15) is 77.0 Å². The van der Waals surface area contributed by atoms with Gasteiger partial charge in [0.2, 0.25) is 5.91 Å². The average molecular weight is 362 g/mol. The maximum Gasteiger partial charge on any atom is 0.328 e. The first-order valence-corrected chi connectivity index (χ1v) is 10.6. The van der Waals surface area contributed by atoms with Crippen molar-refractivity contribution in [1.29, 1.82) is 0 Å². The summed E-state index contributed by atoms with van der Waals surface area (Å²) in [5.41, 5.74) is -0.203. The lowest BCUT2D eigenvalue weighted by molar-refractivity contribution is -0.153. The summed E-state index contributed by atoms with van der Waals surface area (Å²) < 4.78 is 4.96. The number of carbonyl (C=O) groups is 2. The number of allylic oxidation sites excluding steroid dienone is 1. The minimum absolute atomic E-state index is 0.124. The third-order valence-corrected chi connectivity index (χ3v) is 6.96. The van der Waals surface area contributed by atoms with Crippen LogP contribution in [0, 0.1) is 23.2 Å². The van der Waals surface area contributed by atoms with E-state index in [1.807, 2.05) is 6.08 Å². The molecule has 1 atom stereocenters. The fourth-order valence-electron chi connectivity index (χ4n) is 6.08. The average Bonchev–Trinajstić information content (AvgIpc) is 2.61. The Labute approximate surface area is 158 Å². The van der Waals surface area contributed by atoms with E-state index in [1.165, 1.54) is 26.4 Å². The first-order chi connectivity index (χ1) is 12.6. The van der Waals surface area contributed by atoms with Gasteiger partial charge in [0, 0.05) is 5.41 Å². The lowest BCUT2D eigenvalue weighted by Gasteiger charge is -2.55. The predicted molar refractivity (Wildman–Crippen MR) is 102 cm³/mol. The Morgan fingerprint density at radius 1 is 1.08 bits per heavy atom. The predicted octanol–water partition coefficient (Wildman–Crippen LogP) is 4.39. The van der Waals surface area contributed by atoms with E-state index in [2.05, 4.69) is 11.9 Å². The topological polar surface area (TPSA) is 55.4 Å². The maximum atomic E-state index is 13.2. The van der Waals surface area contributed by atoms with Crippen molar-refractivity contribution in [3.8, 4) is 0 Å². The van der Waals surface area contributed by atoms with Gasteiger partial charge in [-0.1, -0.05) is 25.3 Å². The zero-order valence-electron chi connectivity index (χ0n) is 16.3. The molecule has 4 fully saturated rings. The SMILES string of the molecule is C=CCCCCCC[C@@H](NC(=O)C12CC3CC(CC(C3)C1)C2)C(=O)OC. The fourth-order valence-corrected chi connectivity index (χ4v) is 6.08. The molecule has 26 heavy (non-hydrogen) atoms. The van der Waals surface area contributed by atoms with E-state index in [-0.39, 0.29) is 17.3 Å². The molecule has 0 heterocycles. The van der Waals surface area contributed by atoms with Gasteiger partial charge in [-0.25, -0.2) is 4.79 Å². The van der Waals surface area contributed by atoms with Crippen LogP contribution in [-0.4, -0.2) is 25.0 Å². The van der Waals surface area contributed by atoms with E-state index in [4.69, 9.17) is 4.74 Å². The highest BCUT2D eigenvalue weighted by Crippen LogP contribution is 2.60. The lowest BCUT2D eigenvalue weighted by Crippen LogP contribution is -2.56.